The normalized spacial score (nSPS) is 9.40. The lowest BCUT2D eigenvalue weighted by atomic mass is 10.2. The number of ether oxygens (including phenoxy) is 2. The highest BCUT2D eigenvalue weighted by Gasteiger charge is 2.11. The average Bonchev–Trinajstić information content (AvgIpc) is 2.17. The molecule has 0 aliphatic rings. The molecule has 0 aliphatic heterocycles. The van der Waals surface area contributed by atoms with Gasteiger partial charge in [-0.1, -0.05) is 12.1 Å². The Labute approximate surface area is 86.2 Å². The van der Waals surface area contributed by atoms with E-state index in [-0.39, 0.29) is 11.3 Å². The third-order valence-electron chi connectivity index (χ3n) is 1.58. The molecule has 0 bridgehead atoms. The van der Waals surface area contributed by atoms with Gasteiger partial charge in [-0.05, 0) is 12.1 Å². The summed E-state index contributed by atoms with van der Waals surface area (Å²) in [6.07, 6.45) is 0. The van der Waals surface area contributed by atoms with Gasteiger partial charge in [-0.3, -0.25) is 4.79 Å². The number of aromatic hydroxyl groups is 1. The fraction of sp³-hybridized carbons (Fsp3) is 0.200. The van der Waals surface area contributed by atoms with Crippen LogP contribution in [0.15, 0.2) is 24.3 Å². The van der Waals surface area contributed by atoms with Crippen molar-refractivity contribution in [1.29, 1.82) is 0 Å². The lowest BCUT2D eigenvalue weighted by Crippen LogP contribution is -2.11. The van der Waals surface area contributed by atoms with Crippen molar-refractivity contribution in [3.63, 3.8) is 0 Å². The molecule has 0 atom stereocenters. The van der Waals surface area contributed by atoms with E-state index in [2.05, 4.69) is 9.47 Å². The van der Waals surface area contributed by atoms with Crippen LogP contribution in [0.1, 0.15) is 17.3 Å². The predicted octanol–water partition coefficient (Wildman–Crippen LogP) is 1.07. The number of benzene rings is 1. The van der Waals surface area contributed by atoms with Gasteiger partial charge in [0.25, 0.3) is 0 Å². The molecule has 5 nitrogen and oxygen atoms in total. The molecular formula is C10H10O5. The van der Waals surface area contributed by atoms with Crippen molar-refractivity contribution in [3.05, 3.63) is 29.8 Å². The molecule has 0 aliphatic carbocycles. The summed E-state index contributed by atoms with van der Waals surface area (Å²) in [5.74, 6) is -1.46. The highest BCUT2D eigenvalue weighted by molar-refractivity contribution is 5.92. The summed E-state index contributed by atoms with van der Waals surface area (Å²) < 4.78 is 8.99. The topological polar surface area (TPSA) is 72.8 Å². The van der Waals surface area contributed by atoms with Crippen LogP contribution in [-0.4, -0.2) is 23.8 Å². The van der Waals surface area contributed by atoms with Crippen molar-refractivity contribution in [2.75, 3.05) is 6.79 Å². The summed E-state index contributed by atoms with van der Waals surface area (Å²) in [5, 5.41) is 9.28. The largest absolute Gasteiger partial charge is 0.507 e. The first-order valence-electron chi connectivity index (χ1n) is 4.19. The maximum atomic E-state index is 11.3. The molecule has 1 aromatic rings. The van der Waals surface area contributed by atoms with Crippen molar-refractivity contribution in [3.8, 4) is 5.75 Å². The Morgan fingerprint density at radius 3 is 2.53 bits per heavy atom. The molecule has 0 aromatic heterocycles. The Balaban J connectivity index is 2.54. The van der Waals surface area contributed by atoms with E-state index in [0.717, 1.165) is 0 Å². The highest BCUT2D eigenvalue weighted by Crippen LogP contribution is 2.16. The molecule has 0 unspecified atom stereocenters. The van der Waals surface area contributed by atoms with Crippen molar-refractivity contribution in [2.24, 2.45) is 0 Å². The fourth-order valence-electron chi connectivity index (χ4n) is 0.890. The summed E-state index contributed by atoms with van der Waals surface area (Å²) in [4.78, 5) is 21.6. The second-order valence-electron chi connectivity index (χ2n) is 2.70. The number of rotatable bonds is 3. The van der Waals surface area contributed by atoms with Gasteiger partial charge in [-0.15, -0.1) is 0 Å². The minimum absolute atomic E-state index is 0.0321. The van der Waals surface area contributed by atoms with Gasteiger partial charge in [0.05, 0.1) is 0 Å². The van der Waals surface area contributed by atoms with Crippen LogP contribution in [-0.2, 0) is 14.3 Å². The van der Waals surface area contributed by atoms with Crippen LogP contribution in [0.4, 0.5) is 0 Å². The van der Waals surface area contributed by atoms with E-state index in [4.69, 9.17) is 0 Å². The molecule has 0 spiro atoms. The molecule has 1 N–H and O–H groups in total. The number of hydrogen-bond acceptors (Lipinski definition) is 5. The minimum Gasteiger partial charge on any atom is -0.507 e. The summed E-state index contributed by atoms with van der Waals surface area (Å²) in [6, 6.07) is 5.94. The first-order chi connectivity index (χ1) is 7.11. The molecule has 80 valence electrons. The Hall–Kier alpha value is -2.04. The Kier molecular flexibility index (Phi) is 3.68. The van der Waals surface area contributed by atoms with E-state index in [1.807, 2.05) is 0 Å². The Morgan fingerprint density at radius 1 is 1.27 bits per heavy atom. The van der Waals surface area contributed by atoms with Crippen LogP contribution >= 0.6 is 0 Å². The van der Waals surface area contributed by atoms with Crippen LogP contribution in [0.25, 0.3) is 0 Å². The second-order valence-corrected chi connectivity index (χ2v) is 2.70. The van der Waals surface area contributed by atoms with E-state index in [1.165, 1.54) is 19.1 Å². The molecular weight excluding hydrogens is 200 g/mol. The van der Waals surface area contributed by atoms with E-state index in [9.17, 15) is 14.7 Å². The molecule has 0 saturated carbocycles. The maximum Gasteiger partial charge on any atom is 0.344 e. The summed E-state index contributed by atoms with van der Waals surface area (Å²) in [5.41, 5.74) is 0.0321. The SMILES string of the molecule is CC(=O)OCOC(=O)c1ccccc1O. The maximum absolute atomic E-state index is 11.3. The van der Waals surface area contributed by atoms with E-state index >= 15 is 0 Å². The minimum atomic E-state index is -0.741. The molecule has 0 amide bonds. The lowest BCUT2D eigenvalue weighted by molar-refractivity contribution is -0.149. The van der Waals surface area contributed by atoms with Crippen LogP contribution in [0.5, 0.6) is 5.75 Å². The summed E-state index contributed by atoms with van der Waals surface area (Å²) >= 11 is 0. The Morgan fingerprint density at radius 2 is 1.93 bits per heavy atom. The smallest absolute Gasteiger partial charge is 0.344 e. The number of para-hydroxylation sites is 1. The van der Waals surface area contributed by atoms with Crippen LogP contribution in [0.3, 0.4) is 0 Å². The number of carbonyl (C=O) groups is 2. The van der Waals surface area contributed by atoms with Gasteiger partial charge in [-0.2, -0.15) is 0 Å². The lowest BCUT2D eigenvalue weighted by Gasteiger charge is -2.05. The van der Waals surface area contributed by atoms with E-state index in [0.29, 0.717) is 0 Å². The van der Waals surface area contributed by atoms with Gasteiger partial charge in [0.15, 0.2) is 0 Å². The van der Waals surface area contributed by atoms with Crippen molar-refractivity contribution in [1.82, 2.24) is 0 Å². The van der Waals surface area contributed by atoms with Gasteiger partial charge < -0.3 is 14.6 Å². The highest BCUT2D eigenvalue weighted by atomic mass is 16.7. The summed E-state index contributed by atoms with van der Waals surface area (Å²) in [7, 11) is 0. The molecule has 1 aromatic carbocycles. The number of phenols is 1. The van der Waals surface area contributed by atoms with Gasteiger partial charge >= 0.3 is 11.9 Å². The van der Waals surface area contributed by atoms with Gasteiger partial charge in [0, 0.05) is 6.92 Å². The number of phenolic OH excluding ortho intramolecular Hbond substituents is 1. The number of hydrogen-bond donors (Lipinski definition) is 1. The van der Waals surface area contributed by atoms with Crippen molar-refractivity contribution in [2.45, 2.75) is 6.92 Å². The van der Waals surface area contributed by atoms with E-state index in [1.54, 1.807) is 12.1 Å². The van der Waals surface area contributed by atoms with Gasteiger partial charge in [0.1, 0.15) is 11.3 Å². The standard InChI is InChI=1S/C10H10O5/c1-7(11)14-6-15-10(13)8-4-2-3-5-9(8)12/h2-5,12H,6H2,1H3. The Bertz CT molecular complexity index is 372. The van der Waals surface area contributed by atoms with E-state index < -0.39 is 18.7 Å². The zero-order valence-electron chi connectivity index (χ0n) is 8.10. The number of esters is 2. The molecule has 0 fully saturated rings. The van der Waals surface area contributed by atoms with Crippen molar-refractivity contribution < 1.29 is 24.2 Å². The predicted molar refractivity (Wildman–Crippen MR) is 50.2 cm³/mol. The first-order valence-corrected chi connectivity index (χ1v) is 4.19. The zero-order valence-corrected chi connectivity index (χ0v) is 8.10. The fourth-order valence-corrected chi connectivity index (χ4v) is 0.890. The molecule has 15 heavy (non-hydrogen) atoms. The monoisotopic (exact) mass is 210 g/mol. The molecule has 1 rings (SSSR count). The average molecular weight is 210 g/mol. The van der Waals surface area contributed by atoms with Crippen LogP contribution in [0.2, 0.25) is 0 Å². The van der Waals surface area contributed by atoms with Crippen LogP contribution < -0.4 is 0 Å². The van der Waals surface area contributed by atoms with Gasteiger partial charge in [-0.25, -0.2) is 4.79 Å². The molecule has 0 radical (unpaired) electrons. The zero-order chi connectivity index (χ0) is 11.3. The van der Waals surface area contributed by atoms with Crippen molar-refractivity contribution >= 4 is 11.9 Å². The molecule has 5 heteroatoms. The third kappa shape index (κ3) is 3.30. The molecule has 0 saturated heterocycles. The summed E-state index contributed by atoms with van der Waals surface area (Å²) in [6.45, 7) is 0.746. The quantitative estimate of drug-likeness (QED) is 0.596. The number of carbonyl (C=O) groups excluding carboxylic acids is 2. The van der Waals surface area contributed by atoms with Gasteiger partial charge in [0.2, 0.25) is 6.79 Å². The molecule has 0 heterocycles. The first kappa shape index (κ1) is 11.0. The second kappa shape index (κ2) is 4.99. The van der Waals surface area contributed by atoms with Crippen LogP contribution in [0, 0.1) is 0 Å². The third-order valence-corrected chi connectivity index (χ3v) is 1.58.